The summed E-state index contributed by atoms with van der Waals surface area (Å²) in [5.74, 6) is 0.194. The van der Waals surface area contributed by atoms with Crippen LogP contribution in [-0.4, -0.2) is 57.4 Å². The van der Waals surface area contributed by atoms with Gasteiger partial charge in [0.25, 0.3) is 5.91 Å². The largest absolute Gasteiger partial charge is 0.338 e. The lowest BCUT2D eigenvalue weighted by Crippen LogP contribution is -2.40. The molecule has 0 saturated carbocycles. The number of hydrogen-bond acceptors (Lipinski definition) is 5. The molecule has 112 valence electrons. The van der Waals surface area contributed by atoms with Crippen molar-refractivity contribution < 1.29 is 9.59 Å². The number of rotatable bonds is 3. The molecule has 0 aromatic carbocycles. The van der Waals surface area contributed by atoms with Gasteiger partial charge in [0.1, 0.15) is 0 Å². The first-order valence-electron chi connectivity index (χ1n) is 7.05. The molecule has 2 amide bonds. The highest BCUT2D eigenvalue weighted by atomic mass is 32.1. The summed E-state index contributed by atoms with van der Waals surface area (Å²) in [7, 11) is 0. The van der Waals surface area contributed by atoms with Crippen LogP contribution in [0.5, 0.6) is 0 Å². The summed E-state index contributed by atoms with van der Waals surface area (Å²) in [5.41, 5.74) is -0.0556. The van der Waals surface area contributed by atoms with Crippen LogP contribution in [0.15, 0.2) is 18.0 Å². The first-order valence-corrected chi connectivity index (χ1v) is 7.89. The van der Waals surface area contributed by atoms with Gasteiger partial charge in [0.2, 0.25) is 5.91 Å². The minimum Gasteiger partial charge on any atom is -0.338 e. The van der Waals surface area contributed by atoms with Gasteiger partial charge in [-0.15, -0.1) is 11.7 Å². The van der Waals surface area contributed by atoms with Crippen molar-refractivity contribution in [3.8, 4) is 0 Å². The van der Waals surface area contributed by atoms with Crippen molar-refractivity contribution in [2.75, 3.05) is 26.2 Å². The zero-order chi connectivity index (χ0) is 15.0. The van der Waals surface area contributed by atoms with E-state index in [4.69, 9.17) is 0 Å². The van der Waals surface area contributed by atoms with Gasteiger partial charge in [-0.05, 0) is 23.9 Å². The van der Waals surface area contributed by atoms with Crippen LogP contribution in [0, 0.1) is 11.3 Å². The van der Waals surface area contributed by atoms with E-state index in [9.17, 15) is 9.59 Å². The molecule has 3 rings (SSSR count). The number of hydrogen-bond donors (Lipinski definition) is 0. The number of likely N-dealkylation sites (tertiary alicyclic amines) is 2. The number of carbonyl (C=O) groups excluding carboxylic acids is 2. The molecule has 21 heavy (non-hydrogen) atoms. The van der Waals surface area contributed by atoms with Crippen molar-refractivity contribution in [2.24, 2.45) is 11.3 Å². The van der Waals surface area contributed by atoms with Crippen LogP contribution >= 0.6 is 11.5 Å². The van der Waals surface area contributed by atoms with Crippen molar-refractivity contribution >= 4 is 23.3 Å². The predicted octanol–water partition coefficient (Wildman–Crippen LogP) is 1.03. The SMILES string of the molecule is C=CCN1CC[C@]2(CN(C(=O)c3csnn3)C[C@H]2C)C1=O. The van der Waals surface area contributed by atoms with Gasteiger partial charge in [-0.3, -0.25) is 9.59 Å². The Labute approximate surface area is 127 Å². The Balaban J connectivity index is 1.79. The van der Waals surface area contributed by atoms with Crippen LogP contribution in [0.3, 0.4) is 0 Å². The third-order valence-electron chi connectivity index (χ3n) is 4.67. The Morgan fingerprint density at radius 1 is 1.67 bits per heavy atom. The van der Waals surface area contributed by atoms with Crippen LogP contribution in [0.2, 0.25) is 0 Å². The molecule has 1 aromatic heterocycles. The molecule has 2 atom stereocenters. The molecule has 3 heterocycles. The summed E-state index contributed by atoms with van der Waals surface area (Å²) in [5, 5.41) is 5.48. The van der Waals surface area contributed by atoms with Gasteiger partial charge in [-0.1, -0.05) is 17.5 Å². The normalized spacial score (nSPS) is 28.6. The minimum absolute atomic E-state index is 0.123. The van der Waals surface area contributed by atoms with E-state index < -0.39 is 5.41 Å². The fourth-order valence-corrected chi connectivity index (χ4v) is 3.86. The van der Waals surface area contributed by atoms with Crippen molar-refractivity contribution in [3.05, 3.63) is 23.7 Å². The van der Waals surface area contributed by atoms with Crippen LogP contribution < -0.4 is 0 Å². The average molecular weight is 306 g/mol. The summed E-state index contributed by atoms with van der Waals surface area (Å²) in [6, 6.07) is 0. The molecule has 1 spiro atoms. The quantitative estimate of drug-likeness (QED) is 0.783. The Morgan fingerprint density at radius 3 is 3.14 bits per heavy atom. The molecule has 0 bridgehead atoms. The molecular formula is C14H18N4O2S. The minimum atomic E-state index is -0.428. The van der Waals surface area contributed by atoms with Crippen LogP contribution in [0.1, 0.15) is 23.8 Å². The van der Waals surface area contributed by atoms with Crippen molar-refractivity contribution in [1.29, 1.82) is 0 Å². The van der Waals surface area contributed by atoms with Crippen molar-refractivity contribution in [1.82, 2.24) is 19.4 Å². The lowest BCUT2D eigenvalue weighted by Gasteiger charge is -2.26. The monoisotopic (exact) mass is 306 g/mol. The fraction of sp³-hybridized carbons (Fsp3) is 0.571. The Kier molecular flexibility index (Phi) is 3.52. The molecular weight excluding hydrogens is 288 g/mol. The predicted molar refractivity (Wildman–Crippen MR) is 78.8 cm³/mol. The van der Waals surface area contributed by atoms with E-state index in [1.165, 1.54) is 0 Å². The van der Waals surface area contributed by atoms with Gasteiger partial charge in [-0.25, -0.2) is 0 Å². The second kappa shape index (κ2) is 5.22. The van der Waals surface area contributed by atoms with E-state index in [2.05, 4.69) is 23.1 Å². The first-order chi connectivity index (χ1) is 10.1. The number of aromatic nitrogens is 2. The maximum atomic E-state index is 12.7. The van der Waals surface area contributed by atoms with Gasteiger partial charge in [0.05, 0.1) is 5.41 Å². The summed E-state index contributed by atoms with van der Waals surface area (Å²) in [6.45, 7) is 8.17. The number of carbonyl (C=O) groups is 2. The van der Waals surface area contributed by atoms with Gasteiger partial charge in [-0.2, -0.15) is 0 Å². The summed E-state index contributed by atoms with van der Waals surface area (Å²) >= 11 is 1.16. The van der Waals surface area contributed by atoms with Gasteiger partial charge in [0.15, 0.2) is 5.69 Å². The first kappa shape index (κ1) is 14.2. The molecule has 1 aromatic rings. The second-order valence-electron chi connectivity index (χ2n) is 5.82. The molecule has 2 aliphatic rings. The smallest absolute Gasteiger partial charge is 0.275 e. The highest BCUT2D eigenvalue weighted by molar-refractivity contribution is 7.03. The topological polar surface area (TPSA) is 66.4 Å². The molecule has 7 heteroatoms. The summed E-state index contributed by atoms with van der Waals surface area (Å²) in [6.07, 6.45) is 2.56. The third kappa shape index (κ3) is 2.16. The number of amides is 2. The average Bonchev–Trinajstić information content (AvgIpc) is 3.16. The molecule has 0 unspecified atom stereocenters. The Morgan fingerprint density at radius 2 is 2.48 bits per heavy atom. The van der Waals surface area contributed by atoms with Crippen molar-refractivity contribution in [2.45, 2.75) is 13.3 Å². The third-order valence-corrected chi connectivity index (χ3v) is 5.17. The molecule has 2 saturated heterocycles. The molecule has 0 aliphatic carbocycles. The maximum absolute atomic E-state index is 12.7. The zero-order valence-electron chi connectivity index (χ0n) is 12.0. The Bertz CT molecular complexity index is 574. The van der Waals surface area contributed by atoms with Gasteiger partial charge < -0.3 is 9.80 Å². The zero-order valence-corrected chi connectivity index (χ0v) is 12.8. The summed E-state index contributed by atoms with van der Waals surface area (Å²) in [4.78, 5) is 28.7. The van der Waals surface area contributed by atoms with Crippen LogP contribution in [0.25, 0.3) is 0 Å². The molecule has 2 fully saturated rings. The van der Waals surface area contributed by atoms with Crippen LogP contribution in [0.4, 0.5) is 0 Å². The van der Waals surface area contributed by atoms with E-state index in [0.717, 1.165) is 24.5 Å². The Hall–Kier alpha value is -1.76. The molecule has 0 N–H and O–H groups in total. The molecule has 2 aliphatic heterocycles. The van der Waals surface area contributed by atoms with E-state index in [0.29, 0.717) is 25.3 Å². The van der Waals surface area contributed by atoms with Crippen molar-refractivity contribution in [3.63, 3.8) is 0 Å². The lowest BCUT2D eigenvalue weighted by atomic mass is 9.78. The standard InChI is InChI=1S/C14H18N4O2S/c1-3-5-17-6-4-14(13(17)20)9-18(7-10(14)2)12(19)11-8-21-16-15-11/h3,8,10H,1,4-7,9H2,2H3/t10-,14-/m1/s1. The van der Waals surface area contributed by atoms with Gasteiger partial charge >= 0.3 is 0 Å². The van der Waals surface area contributed by atoms with E-state index in [1.54, 1.807) is 16.4 Å². The highest BCUT2D eigenvalue weighted by Gasteiger charge is 2.55. The lowest BCUT2D eigenvalue weighted by molar-refractivity contribution is -0.136. The molecule has 6 nitrogen and oxygen atoms in total. The maximum Gasteiger partial charge on any atom is 0.275 e. The molecule has 0 radical (unpaired) electrons. The second-order valence-corrected chi connectivity index (χ2v) is 6.43. The van der Waals surface area contributed by atoms with E-state index in [1.807, 2.05) is 4.90 Å². The van der Waals surface area contributed by atoms with Gasteiger partial charge in [0, 0.05) is 31.6 Å². The van der Waals surface area contributed by atoms with E-state index in [-0.39, 0.29) is 17.7 Å². The summed E-state index contributed by atoms with van der Waals surface area (Å²) < 4.78 is 3.73. The van der Waals surface area contributed by atoms with Crippen LogP contribution in [-0.2, 0) is 4.79 Å². The number of nitrogens with zero attached hydrogens (tertiary/aromatic N) is 4. The highest BCUT2D eigenvalue weighted by Crippen LogP contribution is 2.44. The fourth-order valence-electron chi connectivity index (χ4n) is 3.43. The van der Waals surface area contributed by atoms with E-state index >= 15 is 0 Å².